The van der Waals surface area contributed by atoms with Crippen LogP contribution in [-0.4, -0.2) is 20.6 Å². The lowest BCUT2D eigenvalue weighted by molar-refractivity contribution is 0.0723. The first-order chi connectivity index (χ1) is 11.6. The summed E-state index contributed by atoms with van der Waals surface area (Å²) >= 11 is 0. The molecule has 0 N–H and O–H groups in total. The van der Waals surface area contributed by atoms with Crippen LogP contribution in [0.4, 0.5) is 0 Å². The monoisotopic (exact) mass is 319 g/mol. The van der Waals surface area contributed by atoms with E-state index in [2.05, 4.69) is 5.10 Å². The quantitative estimate of drug-likeness (QED) is 0.721. The Morgan fingerprint density at radius 3 is 1.88 bits per heavy atom. The van der Waals surface area contributed by atoms with Crippen molar-refractivity contribution in [1.29, 1.82) is 0 Å². The molecule has 24 heavy (non-hydrogen) atoms. The van der Waals surface area contributed by atoms with E-state index in [1.165, 1.54) is 0 Å². The molecule has 3 aromatic rings. The van der Waals surface area contributed by atoms with Crippen molar-refractivity contribution in [2.75, 3.05) is 0 Å². The van der Waals surface area contributed by atoms with Crippen molar-refractivity contribution in [2.24, 2.45) is 7.05 Å². The van der Waals surface area contributed by atoms with Gasteiger partial charge in [0.05, 0.1) is 0 Å². The summed E-state index contributed by atoms with van der Waals surface area (Å²) in [4.78, 5) is 14.8. The molecule has 0 aliphatic rings. The molecule has 0 radical (unpaired) electrons. The topological polar surface area (TPSA) is 38.1 Å². The molecule has 0 aliphatic carbocycles. The van der Waals surface area contributed by atoms with Gasteiger partial charge in [0.1, 0.15) is 0 Å². The van der Waals surface area contributed by atoms with Crippen LogP contribution in [0.3, 0.4) is 0 Å². The van der Waals surface area contributed by atoms with Crippen molar-refractivity contribution >= 4 is 5.91 Å². The van der Waals surface area contributed by atoms with Gasteiger partial charge in [-0.25, -0.2) is 0 Å². The molecule has 4 heteroatoms. The molecule has 1 aromatic heterocycles. The lowest BCUT2D eigenvalue weighted by atomic mass is 10.1. The first-order valence-corrected chi connectivity index (χ1v) is 8.01. The van der Waals surface area contributed by atoms with E-state index < -0.39 is 0 Å². The van der Waals surface area contributed by atoms with Crippen LogP contribution in [0.5, 0.6) is 0 Å². The second kappa shape index (κ2) is 7.13. The lowest BCUT2D eigenvalue weighted by Gasteiger charge is -2.22. The Hall–Kier alpha value is -2.88. The molecule has 0 aliphatic heterocycles. The van der Waals surface area contributed by atoms with Crippen LogP contribution in [-0.2, 0) is 20.1 Å². The first-order valence-electron chi connectivity index (χ1n) is 8.01. The fraction of sp³-hybridized carbons (Fsp3) is 0.200. The van der Waals surface area contributed by atoms with Gasteiger partial charge >= 0.3 is 0 Å². The number of aromatic nitrogens is 2. The summed E-state index contributed by atoms with van der Waals surface area (Å²) in [6.45, 7) is 3.07. The summed E-state index contributed by atoms with van der Waals surface area (Å²) in [6, 6.07) is 21.9. The van der Waals surface area contributed by atoms with Crippen LogP contribution in [0.2, 0.25) is 0 Å². The SMILES string of the molecule is Cc1cc(C(=O)N(Cc2ccccc2)Cc2ccccc2)nn1C. The third kappa shape index (κ3) is 3.71. The number of amides is 1. The molecule has 1 amide bonds. The van der Waals surface area contributed by atoms with Crippen molar-refractivity contribution in [3.05, 3.63) is 89.2 Å². The van der Waals surface area contributed by atoms with E-state index in [1.54, 1.807) is 4.68 Å². The smallest absolute Gasteiger partial charge is 0.274 e. The number of rotatable bonds is 5. The van der Waals surface area contributed by atoms with Crippen LogP contribution in [0.1, 0.15) is 27.3 Å². The average molecular weight is 319 g/mol. The fourth-order valence-corrected chi connectivity index (χ4v) is 2.63. The summed E-state index contributed by atoms with van der Waals surface area (Å²) in [5.74, 6) is -0.0496. The zero-order chi connectivity index (χ0) is 16.9. The number of hydrogen-bond acceptors (Lipinski definition) is 2. The standard InChI is InChI=1S/C20H21N3O/c1-16-13-19(21-22(16)2)20(24)23(14-17-9-5-3-6-10-17)15-18-11-7-4-8-12-18/h3-13H,14-15H2,1-2H3. The normalized spacial score (nSPS) is 10.6. The molecule has 1 heterocycles. The van der Waals surface area contributed by atoms with Crippen molar-refractivity contribution in [3.8, 4) is 0 Å². The predicted octanol–water partition coefficient (Wildman–Crippen LogP) is 3.57. The number of nitrogens with zero attached hydrogens (tertiary/aromatic N) is 3. The van der Waals surface area contributed by atoms with Gasteiger partial charge in [-0.2, -0.15) is 5.10 Å². The highest BCUT2D eigenvalue weighted by molar-refractivity contribution is 5.92. The molecule has 0 saturated carbocycles. The number of aryl methyl sites for hydroxylation is 2. The Morgan fingerprint density at radius 2 is 1.46 bits per heavy atom. The molecule has 2 aromatic carbocycles. The maximum absolute atomic E-state index is 13.0. The van der Waals surface area contributed by atoms with Gasteiger partial charge in [0, 0.05) is 25.8 Å². The van der Waals surface area contributed by atoms with Gasteiger partial charge in [0.2, 0.25) is 0 Å². The number of carbonyl (C=O) groups excluding carboxylic acids is 1. The van der Waals surface area contributed by atoms with Crippen LogP contribution in [0.15, 0.2) is 66.7 Å². The molecular weight excluding hydrogens is 298 g/mol. The Balaban J connectivity index is 1.87. The van der Waals surface area contributed by atoms with Gasteiger partial charge < -0.3 is 4.90 Å². The zero-order valence-corrected chi connectivity index (χ0v) is 14.0. The van der Waals surface area contributed by atoms with E-state index >= 15 is 0 Å². The largest absolute Gasteiger partial charge is 0.329 e. The minimum atomic E-state index is -0.0496. The molecule has 0 fully saturated rings. The highest BCUT2D eigenvalue weighted by Crippen LogP contribution is 2.14. The third-order valence-corrected chi connectivity index (χ3v) is 4.05. The van der Waals surface area contributed by atoms with Crippen molar-refractivity contribution in [2.45, 2.75) is 20.0 Å². The fourth-order valence-electron chi connectivity index (χ4n) is 2.63. The van der Waals surface area contributed by atoms with Crippen LogP contribution < -0.4 is 0 Å². The van der Waals surface area contributed by atoms with E-state index in [0.29, 0.717) is 18.8 Å². The highest BCUT2D eigenvalue weighted by Gasteiger charge is 2.19. The van der Waals surface area contributed by atoms with Gasteiger partial charge in [-0.1, -0.05) is 60.7 Å². The van der Waals surface area contributed by atoms with Crippen LogP contribution in [0, 0.1) is 6.92 Å². The summed E-state index contributed by atoms with van der Waals surface area (Å²) < 4.78 is 1.73. The summed E-state index contributed by atoms with van der Waals surface area (Å²) in [7, 11) is 1.85. The molecule has 4 nitrogen and oxygen atoms in total. The Kier molecular flexibility index (Phi) is 4.75. The molecule has 3 rings (SSSR count). The first kappa shape index (κ1) is 16.0. The van der Waals surface area contributed by atoms with Crippen molar-refractivity contribution in [1.82, 2.24) is 14.7 Å². The Morgan fingerprint density at radius 1 is 0.958 bits per heavy atom. The lowest BCUT2D eigenvalue weighted by Crippen LogP contribution is -2.30. The van der Waals surface area contributed by atoms with Gasteiger partial charge in [0.15, 0.2) is 5.69 Å². The number of hydrogen-bond donors (Lipinski definition) is 0. The number of carbonyl (C=O) groups is 1. The third-order valence-electron chi connectivity index (χ3n) is 4.05. The Bertz CT molecular complexity index is 748. The zero-order valence-electron chi connectivity index (χ0n) is 14.0. The predicted molar refractivity (Wildman–Crippen MR) is 94.4 cm³/mol. The molecule has 122 valence electrons. The molecule has 0 atom stereocenters. The average Bonchev–Trinajstić information content (AvgIpc) is 2.94. The molecule has 0 unspecified atom stereocenters. The van der Waals surface area contributed by atoms with Gasteiger partial charge in [-0.05, 0) is 24.1 Å². The van der Waals surface area contributed by atoms with Crippen LogP contribution >= 0.6 is 0 Å². The molecule has 0 bridgehead atoms. The van der Waals surface area contributed by atoms with Gasteiger partial charge in [-0.15, -0.1) is 0 Å². The van der Waals surface area contributed by atoms with E-state index in [9.17, 15) is 4.79 Å². The summed E-state index contributed by atoms with van der Waals surface area (Å²) in [5, 5.41) is 4.34. The van der Waals surface area contributed by atoms with Crippen molar-refractivity contribution < 1.29 is 4.79 Å². The van der Waals surface area contributed by atoms with Crippen molar-refractivity contribution in [3.63, 3.8) is 0 Å². The molecule has 0 spiro atoms. The van der Waals surface area contributed by atoms with E-state index in [1.807, 2.05) is 85.6 Å². The van der Waals surface area contributed by atoms with Gasteiger partial charge in [0.25, 0.3) is 5.91 Å². The minimum Gasteiger partial charge on any atom is -0.329 e. The Labute approximate surface area is 142 Å². The maximum Gasteiger partial charge on any atom is 0.274 e. The number of benzene rings is 2. The molecule has 0 saturated heterocycles. The van der Waals surface area contributed by atoms with Crippen LogP contribution in [0.25, 0.3) is 0 Å². The van der Waals surface area contributed by atoms with Gasteiger partial charge in [-0.3, -0.25) is 9.48 Å². The maximum atomic E-state index is 13.0. The molecular formula is C20H21N3O. The summed E-state index contributed by atoms with van der Waals surface area (Å²) in [5.41, 5.74) is 3.67. The van der Waals surface area contributed by atoms with E-state index in [0.717, 1.165) is 16.8 Å². The van der Waals surface area contributed by atoms with E-state index in [-0.39, 0.29) is 5.91 Å². The minimum absolute atomic E-state index is 0.0496. The second-order valence-electron chi connectivity index (χ2n) is 5.93. The highest BCUT2D eigenvalue weighted by atomic mass is 16.2. The second-order valence-corrected chi connectivity index (χ2v) is 5.93. The summed E-state index contributed by atoms with van der Waals surface area (Å²) in [6.07, 6.45) is 0. The van der Waals surface area contributed by atoms with E-state index in [4.69, 9.17) is 0 Å².